The first kappa shape index (κ1) is 17.0. The topological polar surface area (TPSA) is 62.0 Å². The van der Waals surface area contributed by atoms with E-state index in [2.05, 4.69) is 16.4 Å². The molecule has 0 saturated carbocycles. The summed E-state index contributed by atoms with van der Waals surface area (Å²) in [4.78, 5) is 27.4. The number of nitrogens with one attached hydrogen (secondary N) is 2. The second-order valence-electron chi connectivity index (χ2n) is 6.00. The maximum Gasteiger partial charge on any atom is 0.268 e. The lowest BCUT2D eigenvalue weighted by Gasteiger charge is -2.09. The molecule has 122 valence electrons. The van der Waals surface area contributed by atoms with Gasteiger partial charge in [0.15, 0.2) is 5.78 Å². The van der Waals surface area contributed by atoms with Gasteiger partial charge in [-0.25, -0.2) is 0 Å². The molecule has 2 N–H and O–H groups in total. The van der Waals surface area contributed by atoms with Crippen LogP contribution >= 0.6 is 0 Å². The average molecular weight is 312 g/mol. The zero-order chi connectivity index (χ0) is 17.1. The van der Waals surface area contributed by atoms with E-state index in [1.54, 1.807) is 0 Å². The molecule has 0 bridgehead atoms. The summed E-state index contributed by atoms with van der Waals surface area (Å²) in [5.41, 5.74) is 6.16. The normalized spacial score (nSPS) is 10.7. The maximum atomic E-state index is 12.5. The Kier molecular flexibility index (Phi) is 5.04. The zero-order valence-electron chi connectivity index (χ0n) is 14.5. The highest BCUT2D eigenvalue weighted by atomic mass is 16.2. The minimum atomic E-state index is -0.169. The molecule has 0 fully saturated rings. The lowest BCUT2D eigenvalue weighted by Crippen LogP contribution is -2.24. The number of ketones is 1. The van der Waals surface area contributed by atoms with Gasteiger partial charge in [0.25, 0.3) is 5.91 Å². The van der Waals surface area contributed by atoms with Crippen molar-refractivity contribution < 1.29 is 9.59 Å². The molecule has 2 aromatic rings. The Labute approximate surface area is 137 Å². The van der Waals surface area contributed by atoms with E-state index in [1.165, 1.54) is 12.5 Å². The van der Waals surface area contributed by atoms with Crippen molar-refractivity contribution in [3.63, 3.8) is 0 Å². The van der Waals surface area contributed by atoms with Crippen molar-refractivity contribution in [3.05, 3.63) is 57.4 Å². The fourth-order valence-electron chi connectivity index (χ4n) is 3.01. The quantitative estimate of drug-likeness (QED) is 0.828. The highest BCUT2D eigenvalue weighted by Gasteiger charge is 2.21. The van der Waals surface area contributed by atoms with Crippen LogP contribution in [-0.2, 0) is 13.0 Å². The van der Waals surface area contributed by atoms with Crippen molar-refractivity contribution in [2.45, 2.75) is 47.6 Å². The van der Waals surface area contributed by atoms with Crippen molar-refractivity contribution in [2.24, 2.45) is 0 Å². The number of aromatic amines is 1. The number of aromatic nitrogens is 1. The van der Waals surface area contributed by atoms with Gasteiger partial charge in [0.2, 0.25) is 0 Å². The number of rotatable bonds is 5. The molecule has 4 nitrogen and oxygen atoms in total. The minimum Gasteiger partial charge on any atom is -0.354 e. The number of carbonyl (C=O) groups is 2. The van der Waals surface area contributed by atoms with Gasteiger partial charge in [-0.3, -0.25) is 9.59 Å². The van der Waals surface area contributed by atoms with Crippen LogP contribution in [-0.4, -0.2) is 16.7 Å². The van der Waals surface area contributed by atoms with Gasteiger partial charge < -0.3 is 10.3 Å². The third kappa shape index (κ3) is 3.52. The number of aryl methyl sites for hydroxylation is 3. The second-order valence-corrected chi connectivity index (χ2v) is 6.00. The predicted molar refractivity (Wildman–Crippen MR) is 92.0 cm³/mol. The minimum absolute atomic E-state index is 0.0102. The summed E-state index contributed by atoms with van der Waals surface area (Å²) in [5.74, 6) is -0.179. The molecule has 0 aliphatic carbocycles. The van der Waals surface area contributed by atoms with Crippen LogP contribution in [0.3, 0.4) is 0 Å². The highest BCUT2D eigenvalue weighted by molar-refractivity contribution is 6.02. The first-order valence-corrected chi connectivity index (χ1v) is 7.91. The van der Waals surface area contributed by atoms with Crippen LogP contribution in [0, 0.1) is 20.8 Å². The summed E-state index contributed by atoms with van der Waals surface area (Å²) in [6, 6.07) is 6.18. The van der Waals surface area contributed by atoms with Gasteiger partial charge in [-0.05, 0) is 50.8 Å². The first-order valence-electron chi connectivity index (χ1n) is 7.91. The Bertz CT molecular complexity index is 757. The molecular formula is C19H24N2O2. The predicted octanol–water partition coefficient (Wildman–Crippen LogP) is 3.63. The molecular weight excluding hydrogens is 288 g/mol. The molecule has 0 aliphatic rings. The molecule has 1 heterocycles. The summed E-state index contributed by atoms with van der Waals surface area (Å²) in [5, 5.41) is 2.95. The molecule has 0 aliphatic heterocycles. The van der Waals surface area contributed by atoms with Crippen LogP contribution in [0.5, 0.6) is 0 Å². The highest BCUT2D eigenvalue weighted by Crippen LogP contribution is 2.20. The lowest BCUT2D eigenvalue weighted by atomic mass is 10.0. The van der Waals surface area contributed by atoms with Crippen LogP contribution < -0.4 is 5.32 Å². The molecule has 4 heteroatoms. The molecule has 0 atom stereocenters. The van der Waals surface area contributed by atoms with Gasteiger partial charge in [0, 0.05) is 17.8 Å². The van der Waals surface area contributed by atoms with Crippen LogP contribution in [0.4, 0.5) is 0 Å². The number of benzene rings is 1. The number of H-pyrrole nitrogens is 1. The molecule has 1 aromatic heterocycles. The zero-order valence-corrected chi connectivity index (χ0v) is 14.5. The summed E-state index contributed by atoms with van der Waals surface area (Å²) in [6.07, 6.45) is 0.644. The van der Waals surface area contributed by atoms with Gasteiger partial charge in [-0.2, -0.15) is 0 Å². The Morgan fingerprint density at radius 2 is 1.87 bits per heavy atom. The number of carbonyl (C=O) groups excluding carboxylic acids is 2. The lowest BCUT2D eigenvalue weighted by molar-refractivity contribution is 0.0945. The average Bonchev–Trinajstić information content (AvgIpc) is 2.82. The van der Waals surface area contributed by atoms with Crippen molar-refractivity contribution in [1.29, 1.82) is 0 Å². The Hall–Kier alpha value is -2.36. The summed E-state index contributed by atoms with van der Waals surface area (Å²) in [6.45, 7) is 9.88. The fraction of sp³-hybridized carbons (Fsp3) is 0.368. The van der Waals surface area contributed by atoms with Gasteiger partial charge in [0.05, 0.1) is 0 Å². The van der Waals surface area contributed by atoms with Crippen molar-refractivity contribution in [3.8, 4) is 0 Å². The molecule has 1 aromatic carbocycles. The Balaban J connectivity index is 2.21. The second kappa shape index (κ2) is 6.82. The third-order valence-corrected chi connectivity index (χ3v) is 4.16. The molecule has 0 unspecified atom stereocenters. The van der Waals surface area contributed by atoms with Crippen molar-refractivity contribution in [2.75, 3.05) is 0 Å². The monoisotopic (exact) mass is 312 g/mol. The standard InChI is InChI=1S/C19H24N2O2/c1-6-16-17(14(5)22)13(4)21-18(16)19(23)20-10-15-8-7-11(2)9-12(15)3/h7-9,21H,6,10H2,1-5H3,(H,20,23). The molecule has 0 radical (unpaired) electrons. The summed E-state index contributed by atoms with van der Waals surface area (Å²) < 4.78 is 0. The van der Waals surface area contributed by atoms with Gasteiger partial charge in [-0.15, -0.1) is 0 Å². The first-order chi connectivity index (χ1) is 10.8. The number of hydrogen-bond donors (Lipinski definition) is 2. The van der Waals surface area contributed by atoms with Crippen LogP contribution in [0.2, 0.25) is 0 Å². The van der Waals surface area contributed by atoms with Crippen LogP contribution in [0.15, 0.2) is 18.2 Å². The molecule has 23 heavy (non-hydrogen) atoms. The number of amides is 1. The molecule has 0 spiro atoms. The van der Waals surface area contributed by atoms with E-state index in [0.717, 1.165) is 22.4 Å². The number of Topliss-reactive ketones (excluding diaryl/α,β-unsaturated/α-hetero) is 1. The number of hydrogen-bond acceptors (Lipinski definition) is 2. The molecule has 1 amide bonds. The SMILES string of the molecule is CCc1c(C(=O)NCc2ccc(C)cc2C)[nH]c(C)c1C(C)=O. The van der Waals surface area contributed by atoms with Crippen LogP contribution in [0.25, 0.3) is 0 Å². The molecule has 0 saturated heterocycles. The fourth-order valence-corrected chi connectivity index (χ4v) is 3.01. The van der Waals surface area contributed by atoms with E-state index >= 15 is 0 Å². The summed E-state index contributed by atoms with van der Waals surface area (Å²) in [7, 11) is 0. The van der Waals surface area contributed by atoms with E-state index in [0.29, 0.717) is 24.2 Å². The van der Waals surface area contributed by atoms with E-state index in [4.69, 9.17) is 0 Å². The Morgan fingerprint density at radius 3 is 2.43 bits per heavy atom. The Morgan fingerprint density at radius 1 is 1.17 bits per heavy atom. The third-order valence-electron chi connectivity index (χ3n) is 4.16. The van der Waals surface area contributed by atoms with Crippen LogP contribution in [0.1, 0.15) is 62.6 Å². The van der Waals surface area contributed by atoms with E-state index in [-0.39, 0.29) is 11.7 Å². The van der Waals surface area contributed by atoms with Gasteiger partial charge >= 0.3 is 0 Å². The largest absolute Gasteiger partial charge is 0.354 e. The van der Waals surface area contributed by atoms with Gasteiger partial charge in [-0.1, -0.05) is 30.7 Å². The smallest absolute Gasteiger partial charge is 0.268 e. The van der Waals surface area contributed by atoms with E-state index in [1.807, 2.05) is 39.8 Å². The van der Waals surface area contributed by atoms with Crippen molar-refractivity contribution >= 4 is 11.7 Å². The maximum absolute atomic E-state index is 12.5. The molecule has 2 rings (SSSR count). The van der Waals surface area contributed by atoms with Gasteiger partial charge in [0.1, 0.15) is 5.69 Å². The van der Waals surface area contributed by atoms with E-state index < -0.39 is 0 Å². The van der Waals surface area contributed by atoms with Crippen molar-refractivity contribution in [1.82, 2.24) is 10.3 Å². The van der Waals surface area contributed by atoms with E-state index in [9.17, 15) is 9.59 Å². The summed E-state index contributed by atoms with van der Waals surface area (Å²) >= 11 is 0.